The zero-order valence-electron chi connectivity index (χ0n) is 12.1. The van der Waals surface area contributed by atoms with E-state index in [0.717, 1.165) is 5.56 Å². The Labute approximate surface area is 128 Å². The molecule has 2 rings (SSSR count). The van der Waals surface area contributed by atoms with Crippen LogP contribution in [0.4, 0.5) is 5.69 Å². The van der Waals surface area contributed by atoms with E-state index in [2.05, 4.69) is 4.79 Å². The Morgan fingerprint density at radius 2 is 1.55 bits per heavy atom. The lowest BCUT2D eigenvalue weighted by Gasteiger charge is -2.20. The van der Waals surface area contributed by atoms with E-state index in [1.54, 1.807) is 24.3 Å². The molecule has 0 bridgehead atoms. The number of anilines is 1. The third-order valence-corrected chi connectivity index (χ3v) is 3.13. The number of amides is 1. The molecule has 0 saturated heterocycles. The van der Waals surface area contributed by atoms with Gasteiger partial charge in [-0.25, -0.2) is 0 Å². The first-order valence-electron chi connectivity index (χ1n) is 6.77. The lowest BCUT2D eigenvalue weighted by Crippen LogP contribution is -2.39. The topological polar surface area (TPSA) is 73.8 Å². The molecule has 22 heavy (non-hydrogen) atoms. The molecule has 0 aromatic heterocycles. The highest BCUT2D eigenvalue weighted by molar-refractivity contribution is 6.65. The van der Waals surface area contributed by atoms with E-state index in [-0.39, 0.29) is 6.54 Å². The molecule has 0 aliphatic rings. The van der Waals surface area contributed by atoms with Crippen LogP contribution >= 0.6 is 0 Å². The van der Waals surface area contributed by atoms with Crippen LogP contribution in [0.1, 0.15) is 12.5 Å². The second kappa shape index (κ2) is 7.11. The largest absolute Gasteiger partial charge is 0.421 e. The summed E-state index contributed by atoms with van der Waals surface area (Å²) in [6.07, 6.45) is 0. The number of hydrogen-bond acceptors (Lipinski definition) is 2. The van der Waals surface area contributed by atoms with Crippen LogP contribution in [0.3, 0.4) is 0 Å². The summed E-state index contributed by atoms with van der Waals surface area (Å²) >= 11 is 0. The Hall–Kier alpha value is -3.04. The van der Waals surface area contributed by atoms with Crippen molar-refractivity contribution in [1.82, 2.24) is 0 Å². The van der Waals surface area contributed by atoms with Gasteiger partial charge in [0.25, 0.3) is 0 Å². The van der Waals surface area contributed by atoms with Gasteiger partial charge in [0.1, 0.15) is 0 Å². The summed E-state index contributed by atoms with van der Waals surface area (Å²) in [6.45, 7) is 1.47. The van der Waals surface area contributed by atoms with Crippen molar-refractivity contribution in [3.63, 3.8) is 0 Å². The maximum atomic E-state index is 12.5. The summed E-state index contributed by atoms with van der Waals surface area (Å²) in [7, 11) is 0. The van der Waals surface area contributed by atoms with Crippen molar-refractivity contribution in [2.45, 2.75) is 13.5 Å². The first-order valence-corrected chi connectivity index (χ1v) is 6.77. The SMILES string of the molecule is CC(=O)C(=[N+]=[N-])C(=O)N(Cc1ccccc1)c1ccccc1. The molecule has 0 unspecified atom stereocenters. The number of hydrogen-bond donors (Lipinski definition) is 0. The normalized spacial score (nSPS) is 9.68. The number of carbonyl (C=O) groups is 2. The molecule has 0 atom stereocenters. The highest BCUT2D eigenvalue weighted by Crippen LogP contribution is 2.17. The van der Waals surface area contributed by atoms with Gasteiger partial charge in [0.05, 0.1) is 6.54 Å². The number of carbonyl (C=O) groups excluding carboxylic acids is 2. The van der Waals surface area contributed by atoms with Crippen LogP contribution in [0.15, 0.2) is 60.7 Å². The molecule has 5 heteroatoms. The lowest BCUT2D eigenvalue weighted by molar-refractivity contribution is -0.123. The van der Waals surface area contributed by atoms with Gasteiger partial charge in [0.15, 0.2) is 0 Å². The first-order chi connectivity index (χ1) is 10.6. The molecule has 0 heterocycles. The zero-order valence-corrected chi connectivity index (χ0v) is 12.1. The van der Waals surface area contributed by atoms with Crippen LogP contribution in [0.5, 0.6) is 0 Å². The maximum absolute atomic E-state index is 12.5. The molecule has 110 valence electrons. The van der Waals surface area contributed by atoms with Crippen molar-refractivity contribution in [3.05, 3.63) is 71.8 Å². The minimum absolute atomic E-state index is 0.274. The van der Waals surface area contributed by atoms with E-state index in [0.29, 0.717) is 5.69 Å². The number of nitrogens with zero attached hydrogens (tertiary/aromatic N) is 3. The second-order valence-electron chi connectivity index (χ2n) is 4.72. The van der Waals surface area contributed by atoms with E-state index in [1.165, 1.54) is 11.8 Å². The molecule has 0 spiro atoms. The van der Waals surface area contributed by atoms with E-state index in [9.17, 15) is 9.59 Å². The fourth-order valence-corrected chi connectivity index (χ4v) is 2.05. The summed E-state index contributed by atoms with van der Waals surface area (Å²) in [5.41, 5.74) is 9.99. The Morgan fingerprint density at radius 3 is 2.05 bits per heavy atom. The maximum Gasteiger partial charge on any atom is 0.421 e. The van der Waals surface area contributed by atoms with Gasteiger partial charge in [0.2, 0.25) is 5.78 Å². The molecule has 0 aliphatic carbocycles. The fraction of sp³-hybridized carbons (Fsp3) is 0.118. The lowest BCUT2D eigenvalue weighted by atomic mass is 10.1. The minimum Gasteiger partial charge on any atom is -0.360 e. The first kappa shape index (κ1) is 15.4. The molecule has 0 fully saturated rings. The molecular weight excluding hydrogens is 278 g/mol. The van der Waals surface area contributed by atoms with Crippen LogP contribution in [-0.2, 0) is 16.1 Å². The molecule has 5 nitrogen and oxygen atoms in total. The van der Waals surface area contributed by atoms with Gasteiger partial charge in [-0.05, 0) is 17.7 Å². The molecule has 0 N–H and O–H groups in total. The average molecular weight is 293 g/mol. The number of ketones is 1. The van der Waals surface area contributed by atoms with Gasteiger partial charge in [-0.15, -0.1) is 0 Å². The quantitative estimate of drug-likeness (QED) is 0.367. The second-order valence-corrected chi connectivity index (χ2v) is 4.72. The van der Waals surface area contributed by atoms with Crippen molar-refractivity contribution in [3.8, 4) is 0 Å². The highest BCUT2D eigenvalue weighted by atomic mass is 16.2. The summed E-state index contributed by atoms with van der Waals surface area (Å²) in [6, 6.07) is 18.3. The van der Waals surface area contributed by atoms with Crippen molar-refractivity contribution >= 4 is 23.1 Å². The number of Topliss-reactive ketones (excluding diaryl/α,β-unsaturated/α-hetero) is 1. The van der Waals surface area contributed by atoms with Crippen molar-refractivity contribution in [2.24, 2.45) is 0 Å². The summed E-state index contributed by atoms with van der Waals surface area (Å²) < 4.78 is 0. The standard InChI is InChI=1S/C17H15N3O2/c1-13(21)16(19-18)17(22)20(15-10-6-3-7-11-15)12-14-8-4-2-5-9-14/h2-11H,12H2,1H3. The van der Waals surface area contributed by atoms with Gasteiger partial charge in [-0.2, -0.15) is 4.79 Å². The van der Waals surface area contributed by atoms with E-state index in [4.69, 9.17) is 5.53 Å². The Morgan fingerprint density at radius 1 is 1.00 bits per heavy atom. The summed E-state index contributed by atoms with van der Waals surface area (Å²) in [5, 5.41) is 0. The van der Waals surface area contributed by atoms with Crippen molar-refractivity contribution in [1.29, 1.82) is 0 Å². The molecule has 0 aliphatic heterocycles. The van der Waals surface area contributed by atoms with Crippen LogP contribution in [0.25, 0.3) is 5.53 Å². The van der Waals surface area contributed by atoms with Gasteiger partial charge in [-0.3, -0.25) is 14.5 Å². The monoisotopic (exact) mass is 293 g/mol. The van der Waals surface area contributed by atoms with E-state index in [1.807, 2.05) is 36.4 Å². The molecule has 0 radical (unpaired) electrons. The minimum atomic E-state index is -0.634. The van der Waals surface area contributed by atoms with E-state index >= 15 is 0 Å². The van der Waals surface area contributed by atoms with Crippen LogP contribution in [0.2, 0.25) is 0 Å². The highest BCUT2D eigenvalue weighted by Gasteiger charge is 2.31. The van der Waals surface area contributed by atoms with Crippen LogP contribution in [-0.4, -0.2) is 22.2 Å². The van der Waals surface area contributed by atoms with Crippen molar-refractivity contribution < 1.29 is 14.4 Å². The Balaban J connectivity index is 2.40. The molecular formula is C17H15N3O2. The van der Waals surface area contributed by atoms with E-state index < -0.39 is 17.4 Å². The van der Waals surface area contributed by atoms with Crippen molar-refractivity contribution in [2.75, 3.05) is 4.90 Å². The Kier molecular flexibility index (Phi) is 4.96. The number of benzene rings is 2. The third-order valence-electron chi connectivity index (χ3n) is 3.13. The molecule has 0 saturated carbocycles. The molecule has 2 aromatic carbocycles. The van der Waals surface area contributed by atoms with Crippen LogP contribution in [0, 0.1) is 0 Å². The average Bonchev–Trinajstić information content (AvgIpc) is 2.54. The van der Waals surface area contributed by atoms with Gasteiger partial charge in [-0.1, -0.05) is 48.5 Å². The van der Waals surface area contributed by atoms with Gasteiger partial charge in [0, 0.05) is 12.6 Å². The molecule has 2 aromatic rings. The summed E-state index contributed by atoms with van der Waals surface area (Å²) in [5.74, 6) is -1.22. The Bertz CT molecular complexity index is 720. The molecule has 1 amide bonds. The predicted molar refractivity (Wildman–Crippen MR) is 83.4 cm³/mol. The number of rotatable bonds is 5. The summed E-state index contributed by atoms with van der Waals surface area (Å²) in [4.78, 5) is 28.3. The zero-order chi connectivity index (χ0) is 15.9. The van der Waals surface area contributed by atoms with Gasteiger partial charge >= 0.3 is 11.6 Å². The fourth-order valence-electron chi connectivity index (χ4n) is 2.05. The third kappa shape index (κ3) is 3.53. The van der Waals surface area contributed by atoms with Gasteiger partial charge < -0.3 is 5.53 Å². The van der Waals surface area contributed by atoms with Crippen LogP contribution < -0.4 is 4.90 Å². The predicted octanol–water partition coefficient (Wildman–Crippen LogP) is 2.48. The number of para-hydroxylation sites is 1. The smallest absolute Gasteiger partial charge is 0.360 e.